The molecule has 3 heteroatoms. The van der Waals surface area contributed by atoms with Gasteiger partial charge in [-0.05, 0) is 41.7 Å². The number of rotatable bonds is 4. The summed E-state index contributed by atoms with van der Waals surface area (Å²) in [5.74, 6) is 0. The number of benzene rings is 1. The lowest BCUT2D eigenvalue weighted by molar-refractivity contribution is 0.275. The van der Waals surface area contributed by atoms with E-state index >= 15 is 0 Å². The topological polar surface area (TPSA) is 35.2 Å². The van der Waals surface area contributed by atoms with Crippen LogP contribution in [0.5, 0.6) is 0 Å². The highest BCUT2D eigenvalue weighted by molar-refractivity contribution is 6.74. The first-order valence-corrected chi connectivity index (χ1v) is 9.51. The number of hydrogen-bond donors (Lipinski definition) is 1. The van der Waals surface area contributed by atoms with E-state index in [9.17, 15) is 0 Å². The summed E-state index contributed by atoms with van der Waals surface area (Å²) in [5, 5.41) is 0.250. The summed E-state index contributed by atoms with van der Waals surface area (Å²) in [4.78, 5) is 0. The van der Waals surface area contributed by atoms with Crippen molar-refractivity contribution in [3.63, 3.8) is 0 Å². The number of aryl methyl sites for hydroxylation is 1. The third kappa shape index (κ3) is 3.43. The Morgan fingerprint density at radius 3 is 2.33 bits per heavy atom. The van der Waals surface area contributed by atoms with Crippen LogP contribution in [-0.2, 0) is 17.6 Å². The van der Waals surface area contributed by atoms with Gasteiger partial charge in [0, 0.05) is 6.54 Å². The van der Waals surface area contributed by atoms with Crippen molar-refractivity contribution in [1.82, 2.24) is 0 Å². The molecule has 0 aliphatic heterocycles. The molecule has 0 spiro atoms. The Labute approximate surface area is 113 Å². The van der Waals surface area contributed by atoms with E-state index < -0.39 is 8.32 Å². The molecule has 2 N–H and O–H groups in total. The molecule has 0 aromatic heterocycles. The fourth-order valence-electron chi connectivity index (χ4n) is 1.67. The maximum Gasteiger partial charge on any atom is 0.192 e. The average molecular weight is 265 g/mol. The van der Waals surface area contributed by atoms with Crippen molar-refractivity contribution in [3.8, 4) is 0 Å². The minimum Gasteiger partial charge on any atom is -0.413 e. The van der Waals surface area contributed by atoms with Crippen LogP contribution in [-0.4, -0.2) is 8.32 Å². The number of hydrogen-bond acceptors (Lipinski definition) is 2. The third-order valence-electron chi connectivity index (χ3n) is 4.11. The molecule has 1 rings (SSSR count). The van der Waals surface area contributed by atoms with Gasteiger partial charge in [0.05, 0.1) is 6.61 Å². The van der Waals surface area contributed by atoms with Crippen LogP contribution in [0.15, 0.2) is 18.2 Å². The van der Waals surface area contributed by atoms with Gasteiger partial charge < -0.3 is 10.2 Å². The Hall–Kier alpha value is -0.643. The molecule has 0 fully saturated rings. The molecule has 0 atom stereocenters. The van der Waals surface area contributed by atoms with Crippen LogP contribution in [0.2, 0.25) is 18.1 Å². The normalized spacial score (nSPS) is 12.8. The predicted octanol–water partition coefficient (Wildman–Crippen LogP) is 3.98. The van der Waals surface area contributed by atoms with Gasteiger partial charge in [0.15, 0.2) is 8.32 Å². The largest absolute Gasteiger partial charge is 0.413 e. The van der Waals surface area contributed by atoms with Crippen LogP contribution in [0, 0.1) is 6.92 Å². The Balaban J connectivity index is 2.85. The van der Waals surface area contributed by atoms with Gasteiger partial charge in [-0.2, -0.15) is 0 Å². The molecule has 0 bridgehead atoms. The van der Waals surface area contributed by atoms with Gasteiger partial charge in [-0.25, -0.2) is 0 Å². The maximum atomic E-state index is 6.26. The van der Waals surface area contributed by atoms with Crippen molar-refractivity contribution in [1.29, 1.82) is 0 Å². The smallest absolute Gasteiger partial charge is 0.192 e. The van der Waals surface area contributed by atoms with E-state index in [1.54, 1.807) is 0 Å². The summed E-state index contributed by atoms with van der Waals surface area (Å²) >= 11 is 0. The third-order valence-corrected chi connectivity index (χ3v) is 8.58. The van der Waals surface area contributed by atoms with Crippen molar-refractivity contribution in [2.75, 3.05) is 0 Å². The van der Waals surface area contributed by atoms with Gasteiger partial charge >= 0.3 is 0 Å². The van der Waals surface area contributed by atoms with Crippen molar-refractivity contribution >= 4 is 8.32 Å². The Bertz CT molecular complexity index is 407. The second-order valence-electron chi connectivity index (χ2n) is 6.47. The lowest BCUT2D eigenvalue weighted by atomic mass is 10.0. The summed E-state index contributed by atoms with van der Waals surface area (Å²) in [6.07, 6.45) is 0. The Morgan fingerprint density at radius 1 is 1.22 bits per heavy atom. The number of nitrogens with two attached hydrogens (primary N) is 1. The fraction of sp³-hybridized carbons (Fsp3) is 0.600. The molecule has 0 unspecified atom stereocenters. The molecule has 0 amide bonds. The molecule has 0 aliphatic carbocycles. The maximum absolute atomic E-state index is 6.26. The quantitative estimate of drug-likeness (QED) is 0.836. The molecule has 18 heavy (non-hydrogen) atoms. The van der Waals surface area contributed by atoms with Crippen molar-refractivity contribution in [2.45, 2.75) is 59.0 Å². The standard InChI is InChI=1S/C15H27NOSi/c1-12-8-7-9-13(14(12)10-16)11-17-18(5,6)15(2,3)4/h7-9H,10-11,16H2,1-6H3. The minimum absolute atomic E-state index is 0.250. The fourth-order valence-corrected chi connectivity index (χ4v) is 2.61. The summed E-state index contributed by atoms with van der Waals surface area (Å²) in [5.41, 5.74) is 9.56. The van der Waals surface area contributed by atoms with Crippen LogP contribution >= 0.6 is 0 Å². The molecule has 1 aromatic carbocycles. The van der Waals surface area contributed by atoms with Crippen LogP contribution in [0.25, 0.3) is 0 Å². The first kappa shape index (κ1) is 15.4. The summed E-state index contributed by atoms with van der Waals surface area (Å²) in [7, 11) is -1.68. The van der Waals surface area contributed by atoms with E-state index in [1.807, 2.05) is 0 Å². The van der Waals surface area contributed by atoms with Crippen LogP contribution in [0.1, 0.15) is 37.5 Å². The van der Waals surface area contributed by atoms with E-state index in [2.05, 4.69) is 59.0 Å². The molecular weight excluding hydrogens is 238 g/mol. The van der Waals surface area contributed by atoms with Crippen molar-refractivity contribution < 1.29 is 4.43 Å². The highest BCUT2D eigenvalue weighted by Gasteiger charge is 2.37. The van der Waals surface area contributed by atoms with Gasteiger partial charge in [0.2, 0.25) is 0 Å². The highest BCUT2D eigenvalue weighted by atomic mass is 28.4. The molecule has 1 aromatic rings. The first-order valence-electron chi connectivity index (χ1n) is 6.60. The monoisotopic (exact) mass is 265 g/mol. The van der Waals surface area contributed by atoms with Gasteiger partial charge in [-0.15, -0.1) is 0 Å². The summed E-state index contributed by atoms with van der Waals surface area (Å²) in [6, 6.07) is 6.32. The summed E-state index contributed by atoms with van der Waals surface area (Å²) in [6.45, 7) is 14.7. The lowest BCUT2D eigenvalue weighted by Crippen LogP contribution is -2.40. The van der Waals surface area contributed by atoms with E-state index in [0.717, 1.165) is 0 Å². The second kappa shape index (κ2) is 5.55. The molecule has 0 radical (unpaired) electrons. The Kier molecular flexibility index (Phi) is 4.76. The molecule has 0 saturated heterocycles. The second-order valence-corrected chi connectivity index (χ2v) is 11.3. The minimum atomic E-state index is -1.68. The van der Waals surface area contributed by atoms with E-state index in [0.29, 0.717) is 13.2 Å². The van der Waals surface area contributed by atoms with Crippen LogP contribution < -0.4 is 5.73 Å². The van der Waals surface area contributed by atoms with E-state index in [4.69, 9.17) is 10.2 Å². The van der Waals surface area contributed by atoms with Crippen LogP contribution in [0.3, 0.4) is 0 Å². The molecule has 2 nitrogen and oxygen atoms in total. The van der Waals surface area contributed by atoms with Crippen molar-refractivity contribution in [2.24, 2.45) is 5.73 Å². The zero-order chi connectivity index (χ0) is 14.0. The van der Waals surface area contributed by atoms with Gasteiger partial charge in [-0.3, -0.25) is 0 Å². The Morgan fingerprint density at radius 2 is 1.83 bits per heavy atom. The van der Waals surface area contributed by atoms with Crippen molar-refractivity contribution in [3.05, 3.63) is 34.9 Å². The zero-order valence-corrected chi connectivity index (χ0v) is 13.6. The molecule has 0 saturated carbocycles. The van der Waals surface area contributed by atoms with E-state index in [-0.39, 0.29) is 5.04 Å². The summed E-state index contributed by atoms with van der Waals surface area (Å²) < 4.78 is 6.26. The SMILES string of the molecule is Cc1cccc(CO[Si](C)(C)C(C)(C)C)c1CN. The van der Waals surface area contributed by atoms with Gasteiger partial charge in [0.1, 0.15) is 0 Å². The zero-order valence-electron chi connectivity index (χ0n) is 12.6. The molecular formula is C15H27NOSi. The van der Waals surface area contributed by atoms with Crippen LogP contribution in [0.4, 0.5) is 0 Å². The van der Waals surface area contributed by atoms with Gasteiger partial charge in [0.25, 0.3) is 0 Å². The lowest BCUT2D eigenvalue weighted by Gasteiger charge is -2.36. The first-order chi connectivity index (χ1) is 8.19. The van der Waals surface area contributed by atoms with E-state index in [1.165, 1.54) is 16.7 Å². The van der Waals surface area contributed by atoms with Gasteiger partial charge in [-0.1, -0.05) is 39.0 Å². The highest BCUT2D eigenvalue weighted by Crippen LogP contribution is 2.37. The molecule has 0 heterocycles. The average Bonchev–Trinajstić information content (AvgIpc) is 2.25. The molecule has 0 aliphatic rings. The predicted molar refractivity (Wildman–Crippen MR) is 81.1 cm³/mol. The molecule has 102 valence electrons.